The number of amides is 1. The Morgan fingerprint density at radius 3 is 3.03 bits per heavy atom. The molecule has 10 heteroatoms. The third kappa shape index (κ3) is 4.91. The highest BCUT2D eigenvalue weighted by atomic mass is 32.1. The number of hydrogen-bond acceptors (Lipinski definition) is 8. The van der Waals surface area contributed by atoms with Gasteiger partial charge in [-0.25, -0.2) is 9.97 Å². The summed E-state index contributed by atoms with van der Waals surface area (Å²) in [5.74, 6) is 0.0107. The summed E-state index contributed by atoms with van der Waals surface area (Å²) < 4.78 is 8.18. The normalized spacial score (nSPS) is 13.4. The largest absolute Gasteiger partial charge is 0.383 e. The van der Waals surface area contributed by atoms with E-state index in [1.54, 1.807) is 29.8 Å². The maximum absolute atomic E-state index is 12.7. The van der Waals surface area contributed by atoms with E-state index in [1.165, 1.54) is 10.4 Å². The molecule has 1 aliphatic rings. The van der Waals surface area contributed by atoms with Gasteiger partial charge >= 0.3 is 0 Å². The second-order valence-electron chi connectivity index (χ2n) is 8.27. The fourth-order valence-electron chi connectivity index (χ4n) is 4.09. The Balaban J connectivity index is 1.43. The van der Waals surface area contributed by atoms with Crippen molar-refractivity contribution in [2.45, 2.75) is 26.3 Å². The van der Waals surface area contributed by atoms with Crippen molar-refractivity contribution in [1.82, 2.24) is 25.2 Å². The van der Waals surface area contributed by atoms with Crippen LogP contribution in [0.1, 0.15) is 22.6 Å². The molecule has 4 heterocycles. The van der Waals surface area contributed by atoms with Crippen LogP contribution in [0.15, 0.2) is 30.7 Å². The second kappa shape index (κ2) is 10.3. The molecule has 4 aromatic rings. The first-order chi connectivity index (χ1) is 16.6. The Bertz CT molecular complexity index is 1310. The molecule has 1 aliphatic heterocycles. The van der Waals surface area contributed by atoms with E-state index in [-0.39, 0.29) is 5.91 Å². The van der Waals surface area contributed by atoms with E-state index in [2.05, 4.69) is 39.1 Å². The van der Waals surface area contributed by atoms with E-state index >= 15 is 0 Å². The average Bonchev–Trinajstić information content (AvgIpc) is 3.54. The number of aromatic nitrogens is 3. The number of imidazole rings is 1. The van der Waals surface area contributed by atoms with Gasteiger partial charge in [-0.05, 0) is 43.7 Å². The van der Waals surface area contributed by atoms with Gasteiger partial charge in [-0.1, -0.05) is 0 Å². The van der Waals surface area contributed by atoms with Crippen LogP contribution >= 0.6 is 22.7 Å². The molecule has 178 valence electrons. The lowest BCUT2D eigenvalue weighted by Gasteiger charge is -2.13. The molecule has 5 rings (SSSR count). The SMILES string of the molecule is COCCNCCC(=O)Nc1sc2c(c1-c1nc3cc(-n4cnc(C)c4)ccc3s1)CCNC2. The van der Waals surface area contributed by atoms with Crippen molar-refractivity contribution in [3.63, 3.8) is 0 Å². The number of nitrogens with one attached hydrogen (secondary N) is 3. The molecule has 1 amide bonds. The summed E-state index contributed by atoms with van der Waals surface area (Å²) in [4.78, 5) is 23.3. The molecule has 3 N–H and O–H groups in total. The van der Waals surface area contributed by atoms with Crippen LogP contribution in [0.3, 0.4) is 0 Å². The number of benzene rings is 1. The Morgan fingerprint density at radius 1 is 1.29 bits per heavy atom. The fourth-order valence-corrected chi connectivity index (χ4v) is 6.41. The van der Waals surface area contributed by atoms with Crippen molar-refractivity contribution in [2.75, 3.05) is 38.7 Å². The zero-order valence-corrected chi connectivity index (χ0v) is 20.9. The van der Waals surface area contributed by atoms with Crippen LogP contribution in [-0.4, -0.2) is 53.8 Å². The summed E-state index contributed by atoms with van der Waals surface area (Å²) in [5, 5.41) is 11.7. The Hall–Kier alpha value is -2.63. The third-order valence-electron chi connectivity index (χ3n) is 5.79. The van der Waals surface area contributed by atoms with E-state index in [4.69, 9.17) is 9.72 Å². The molecule has 0 radical (unpaired) electrons. The van der Waals surface area contributed by atoms with E-state index in [0.29, 0.717) is 19.6 Å². The predicted octanol–water partition coefficient (Wildman–Crippen LogP) is 3.73. The van der Waals surface area contributed by atoms with Crippen molar-refractivity contribution in [1.29, 1.82) is 0 Å². The number of ether oxygens (including phenoxy) is 1. The number of rotatable bonds is 9. The number of aryl methyl sites for hydroxylation is 1. The van der Waals surface area contributed by atoms with Crippen LogP contribution in [0.5, 0.6) is 0 Å². The van der Waals surface area contributed by atoms with E-state index in [1.807, 2.05) is 24.0 Å². The van der Waals surface area contributed by atoms with Crippen molar-refractivity contribution < 1.29 is 9.53 Å². The summed E-state index contributed by atoms with van der Waals surface area (Å²) >= 11 is 3.34. The molecule has 3 aromatic heterocycles. The molecule has 0 saturated carbocycles. The lowest BCUT2D eigenvalue weighted by molar-refractivity contribution is -0.116. The molecule has 0 fully saturated rings. The number of thiazole rings is 1. The van der Waals surface area contributed by atoms with Gasteiger partial charge in [0.05, 0.1) is 28.8 Å². The molecule has 34 heavy (non-hydrogen) atoms. The molecule has 0 aliphatic carbocycles. The predicted molar refractivity (Wildman–Crippen MR) is 138 cm³/mol. The number of nitrogens with zero attached hydrogens (tertiary/aromatic N) is 3. The second-order valence-corrected chi connectivity index (χ2v) is 10.4. The first kappa shape index (κ1) is 23.1. The number of methoxy groups -OCH3 is 1. The highest BCUT2D eigenvalue weighted by molar-refractivity contribution is 7.23. The van der Waals surface area contributed by atoms with Gasteiger partial charge in [0.25, 0.3) is 0 Å². The lowest BCUT2D eigenvalue weighted by Crippen LogP contribution is -2.24. The first-order valence-electron chi connectivity index (χ1n) is 11.4. The smallest absolute Gasteiger partial charge is 0.226 e. The zero-order chi connectivity index (χ0) is 23.5. The van der Waals surface area contributed by atoms with Crippen LogP contribution in [0.2, 0.25) is 0 Å². The van der Waals surface area contributed by atoms with Crippen molar-refractivity contribution in [3.8, 4) is 16.3 Å². The molecule has 8 nitrogen and oxygen atoms in total. The van der Waals surface area contributed by atoms with Crippen molar-refractivity contribution in [3.05, 3.63) is 46.9 Å². The van der Waals surface area contributed by atoms with Gasteiger partial charge in [0.1, 0.15) is 10.0 Å². The topological polar surface area (TPSA) is 93.1 Å². The maximum atomic E-state index is 12.7. The van der Waals surface area contributed by atoms with Crippen LogP contribution < -0.4 is 16.0 Å². The minimum absolute atomic E-state index is 0.0107. The standard InChI is InChI=1S/C24H28N6O2S2/c1-15-13-30(14-27-15)16-3-4-19-18(11-16)28-23(33-19)22-17-5-7-26-12-20(17)34-24(22)29-21(31)6-8-25-9-10-32-2/h3-4,11,13-14,25-26H,5-10,12H2,1-2H3,(H,29,31). The number of hydrogen-bond donors (Lipinski definition) is 3. The van der Waals surface area contributed by atoms with Crippen LogP contribution in [0.4, 0.5) is 5.00 Å². The molecule has 0 unspecified atom stereocenters. The lowest BCUT2D eigenvalue weighted by atomic mass is 10.0. The summed E-state index contributed by atoms with van der Waals surface area (Å²) in [6, 6.07) is 6.31. The number of fused-ring (bicyclic) bond motifs is 2. The summed E-state index contributed by atoms with van der Waals surface area (Å²) in [5.41, 5.74) is 5.37. The minimum atomic E-state index is 0.0107. The van der Waals surface area contributed by atoms with Gasteiger partial charge in [0.2, 0.25) is 5.91 Å². The van der Waals surface area contributed by atoms with Gasteiger partial charge in [0.15, 0.2) is 0 Å². The van der Waals surface area contributed by atoms with Gasteiger partial charge < -0.3 is 25.3 Å². The monoisotopic (exact) mass is 496 g/mol. The summed E-state index contributed by atoms with van der Waals surface area (Å²) in [7, 11) is 1.67. The van der Waals surface area contributed by atoms with Crippen molar-refractivity contribution >= 4 is 43.8 Å². The third-order valence-corrected chi connectivity index (χ3v) is 7.99. The molecular weight excluding hydrogens is 468 g/mol. The zero-order valence-electron chi connectivity index (χ0n) is 19.3. The van der Waals surface area contributed by atoms with E-state index in [0.717, 1.165) is 63.2 Å². The number of anilines is 1. The Morgan fingerprint density at radius 2 is 2.21 bits per heavy atom. The minimum Gasteiger partial charge on any atom is -0.383 e. The van der Waals surface area contributed by atoms with Crippen LogP contribution in [0.25, 0.3) is 26.5 Å². The fraction of sp³-hybridized carbons (Fsp3) is 0.375. The Kier molecular flexibility index (Phi) is 7.02. The molecule has 0 spiro atoms. The van der Waals surface area contributed by atoms with Gasteiger partial charge in [0, 0.05) is 55.5 Å². The Labute approximate surface area is 206 Å². The highest BCUT2D eigenvalue weighted by Crippen LogP contribution is 2.45. The summed E-state index contributed by atoms with van der Waals surface area (Å²) in [6.07, 6.45) is 5.18. The first-order valence-corrected chi connectivity index (χ1v) is 13.0. The van der Waals surface area contributed by atoms with Crippen LogP contribution in [-0.2, 0) is 22.5 Å². The number of carbonyl (C=O) groups excluding carboxylic acids is 1. The number of thiophene rings is 1. The number of carbonyl (C=O) groups is 1. The molecule has 0 saturated heterocycles. The molecule has 0 bridgehead atoms. The van der Waals surface area contributed by atoms with Gasteiger partial charge in [-0.2, -0.15) is 0 Å². The van der Waals surface area contributed by atoms with Crippen LogP contribution in [0, 0.1) is 6.92 Å². The van der Waals surface area contributed by atoms with Gasteiger partial charge in [-0.3, -0.25) is 4.79 Å². The molecule has 0 atom stereocenters. The summed E-state index contributed by atoms with van der Waals surface area (Å²) in [6.45, 7) is 5.74. The van der Waals surface area contributed by atoms with Crippen molar-refractivity contribution in [2.24, 2.45) is 0 Å². The molecular formula is C24H28N6O2S2. The molecule has 1 aromatic carbocycles. The van der Waals surface area contributed by atoms with E-state index in [9.17, 15) is 4.79 Å². The quantitative estimate of drug-likeness (QED) is 0.306. The average molecular weight is 497 g/mol. The van der Waals surface area contributed by atoms with E-state index < -0.39 is 0 Å². The maximum Gasteiger partial charge on any atom is 0.226 e. The van der Waals surface area contributed by atoms with Gasteiger partial charge in [-0.15, -0.1) is 22.7 Å². The highest BCUT2D eigenvalue weighted by Gasteiger charge is 2.25.